The van der Waals surface area contributed by atoms with Crippen molar-refractivity contribution >= 4 is 28.6 Å². The molecule has 0 saturated heterocycles. The van der Waals surface area contributed by atoms with Gasteiger partial charge in [0.05, 0.1) is 10.6 Å². The predicted molar refractivity (Wildman–Crippen MR) is 110 cm³/mol. The predicted octanol–water partition coefficient (Wildman–Crippen LogP) is 5.16. The van der Waals surface area contributed by atoms with E-state index < -0.39 is 0 Å². The van der Waals surface area contributed by atoms with Crippen LogP contribution < -0.4 is 0 Å². The summed E-state index contributed by atoms with van der Waals surface area (Å²) in [7, 11) is 0. The summed E-state index contributed by atoms with van der Waals surface area (Å²) in [6.07, 6.45) is 3.68. The number of aromatic nitrogens is 3. The zero-order valence-corrected chi connectivity index (χ0v) is 16.0. The van der Waals surface area contributed by atoms with E-state index in [1.165, 1.54) is 11.8 Å². The van der Waals surface area contributed by atoms with Gasteiger partial charge >= 0.3 is 0 Å². The van der Waals surface area contributed by atoms with Crippen LogP contribution in [0, 0.1) is 0 Å². The van der Waals surface area contributed by atoms with Crippen molar-refractivity contribution in [3.63, 3.8) is 0 Å². The van der Waals surface area contributed by atoms with Crippen LogP contribution in [0.25, 0.3) is 27.8 Å². The summed E-state index contributed by atoms with van der Waals surface area (Å²) >= 11 is 1.48. The van der Waals surface area contributed by atoms with Gasteiger partial charge < -0.3 is 4.57 Å². The third kappa shape index (κ3) is 3.38. The number of Topliss-reactive ketones (excluding diaryl/α,β-unsaturated/α-hetero) is 1. The fourth-order valence-electron chi connectivity index (χ4n) is 3.00. The maximum absolute atomic E-state index is 11.8. The molecule has 2 aromatic carbocycles. The highest BCUT2D eigenvalue weighted by Crippen LogP contribution is 2.37. The van der Waals surface area contributed by atoms with Crippen LogP contribution in [0.3, 0.4) is 0 Å². The van der Waals surface area contributed by atoms with Crippen molar-refractivity contribution in [1.82, 2.24) is 14.5 Å². The molecule has 0 amide bonds. The smallest absolute Gasteiger partial charge is 0.149 e. The van der Waals surface area contributed by atoms with E-state index in [0.717, 1.165) is 32.9 Å². The van der Waals surface area contributed by atoms with E-state index in [1.807, 2.05) is 43.3 Å². The third-order valence-electron chi connectivity index (χ3n) is 4.53. The van der Waals surface area contributed by atoms with Gasteiger partial charge in [-0.1, -0.05) is 60.3 Å². The van der Waals surface area contributed by atoms with Gasteiger partial charge in [0.25, 0.3) is 0 Å². The Labute approximate surface area is 162 Å². The Morgan fingerprint density at radius 2 is 1.67 bits per heavy atom. The molecule has 0 N–H and O–H groups in total. The molecule has 2 heterocycles. The maximum Gasteiger partial charge on any atom is 0.149 e. The van der Waals surface area contributed by atoms with Crippen LogP contribution in [0.1, 0.15) is 13.8 Å². The fourth-order valence-corrected chi connectivity index (χ4v) is 3.92. The number of hydrogen-bond donors (Lipinski definition) is 0. The van der Waals surface area contributed by atoms with E-state index in [9.17, 15) is 4.79 Å². The molecule has 0 spiro atoms. The lowest BCUT2D eigenvalue weighted by Crippen LogP contribution is -2.08. The molecular weight excluding hydrogens is 354 g/mol. The van der Waals surface area contributed by atoms with Crippen LogP contribution in [-0.2, 0) is 4.79 Å². The average molecular weight is 373 g/mol. The first-order valence-corrected chi connectivity index (χ1v) is 9.67. The van der Waals surface area contributed by atoms with Crippen molar-refractivity contribution in [2.75, 3.05) is 0 Å². The van der Waals surface area contributed by atoms with Gasteiger partial charge in [-0.15, -0.1) is 0 Å². The van der Waals surface area contributed by atoms with Crippen LogP contribution in [0.15, 0.2) is 78.2 Å². The Hall–Kier alpha value is -2.92. The number of benzene rings is 2. The molecule has 5 heteroatoms. The zero-order chi connectivity index (χ0) is 18.8. The van der Waals surface area contributed by atoms with Gasteiger partial charge in [-0.25, -0.2) is 9.97 Å². The topological polar surface area (TPSA) is 47.8 Å². The molecular formula is C22H19N3OS. The molecule has 0 aliphatic rings. The molecule has 0 fully saturated rings. The minimum absolute atomic E-state index is 0.135. The Balaban J connectivity index is 1.98. The van der Waals surface area contributed by atoms with Crippen LogP contribution in [0.2, 0.25) is 0 Å². The zero-order valence-electron chi connectivity index (χ0n) is 15.2. The van der Waals surface area contributed by atoms with Crippen molar-refractivity contribution in [3.8, 4) is 16.8 Å². The van der Waals surface area contributed by atoms with E-state index >= 15 is 0 Å². The summed E-state index contributed by atoms with van der Waals surface area (Å²) in [6, 6.07) is 20.4. The number of hydrogen-bond acceptors (Lipinski definition) is 4. The highest BCUT2D eigenvalue weighted by molar-refractivity contribution is 8.00. The lowest BCUT2D eigenvalue weighted by Gasteiger charge is -2.09. The summed E-state index contributed by atoms with van der Waals surface area (Å²) in [4.78, 5) is 20.9. The van der Waals surface area contributed by atoms with E-state index in [2.05, 4.69) is 45.0 Å². The van der Waals surface area contributed by atoms with Crippen molar-refractivity contribution in [2.24, 2.45) is 0 Å². The van der Waals surface area contributed by atoms with E-state index in [-0.39, 0.29) is 11.0 Å². The molecule has 0 aliphatic carbocycles. The van der Waals surface area contributed by atoms with Crippen molar-refractivity contribution in [3.05, 3.63) is 73.2 Å². The normalized spacial score (nSPS) is 12.2. The van der Waals surface area contributed by atoms with Gasteiger partial charge in [0.1, 0.15) is 22.8 Å². The first-order chi connectivity index (χ1) is 13.1. The number of carbonyl (C=O) groups is 1. The molecule has 0 bridgehead atoms. The van der Waals surface area contributed by atoms with Gasteiger partial charge in [-0.05, 0) is 31.5 Å². The van der Waals surface area contributed by atoms with Gasteiger partial charge in [-0.3, -0.25) is 4.79 Å². The Morgan fingerprint density at radius 1 is 1.00 bits per heavy atom. The first-order valence-electron chi connectivity index (χ1n) is 8.79. The lowest BCUT2D eigenvalue weighted by molar-refractivity contribution is -0.116. The van der Waals surface area contributed by atoms with Crippen molar-refractivity contribution in [1.29, 1.82) is 0 Å². The lowest BCUT2D eigenvalue weighted by atomic mass is 10.1. The molecule has 0 aliphatic heterocycles. The second kappa shape index (κ2) is 7.37. The van der Waals surface area contributed by atoms with E-state index in [4.69, 9.17) is 0 Å². The summed E-state index contributed by atoms with van der Waals surface area (Å²) in [5.74, 6) is 0.135. The maximum atomic E-state index is 11.8. The van der Waals surface area contributed by atoms with E-state index in [1.54, 1.807) is 13.3 Å². The van der Waals surface area contributed by atoms with Crippen LogP contribution >= 0.6 is 11.8 Å². The molecule has 0 saturated carbocycles. The van der Waals surface area contributed by atoms with Gasteiger partial charge in [0.2, 0.25) is 0 Å². The van der Waals surface area contributed by atoms with Crippen molar-refractivity contribution in [2.45, 2.75) is 24.1 Å². The quantitative estimate of drug-likeness (QED) is 0.358. The standard InChI is InChI=1S/C22H19N3OS/c1-15(26)16(2)27-22-20-19(17-9-5-3-6-10-17)13-25(21(20)23-14-24-22)18-11-7-4-8-12-18/h3-14,16H,1-2H3/t16-/m1/s1. The molecule has 134 valence electrons. The number of thioether (sulfide) groups is 1. The molecule has 0 unspecified atom stereocenters. The summed E-state index contributed by atoms with van der Waals surface area (Å²) in [5, 5.41) is 1.65. The van der Waals surface area contributed by atoms with Crippen LogP contribution in [0.4, 0.5) is 0 Å². The highest BCUT2D eigenvalue weighted by atomic mass is 32.2. The number of nitrogens with zero attached hydrogens (tertiary/aromatic N) is 3. The Morgan fingerprint density at radius 3 is 2.33 bits per heavy atom. The van der Waals surface area contributed by atoms with Gasteiger partial charge in [0, 0.05) is 17.4 Å². The average Bonchev–Trinajstić information content (AvgIpc) is 3.10. The number of rotatable bonds is 5. The number of para-hydroxylation sites is 1. The second-order valence-electron chi connectivity index (χ2n) is 6.36. The van der Waals surface area contributed by atoms with Crippen molar-refractivity contribution < 1.29 is 4.79 Å². The van der Waals surface area contributed by atoms with Gasteiger partial charge in [-0.2, -0.15) is 0 Å². The monoisotopic (exact) mass is 373 g/mol. The van der Waals surface area contributed by atoms with Crippen LogP contribution in [-0.4, -0.2) is 25.6 Å². The number of ketones is 1. The number of fused-ring (bicyclic) bond motifs is 1. The second-order valence-corrected chi connectivity index (χ2v) is 7.69. The molecule has 1 atom stereocenters. The molecule has 4 rings (SSSR count). The molecule has 4 nitrogen and oxygen atoms in total. The van der Waals surface area contributed by atoms with Crippen LogP contribution in [0.5, 0.6) is 0 Å². The molecule has 4 aromatic rings. The molecule has 27 heavy (non-hydrogen) atoms. The Kier molecular flexibility index (Phi) is 4.77. The largest absolute Gasteiger partial charge is 0.301 e. The SMILES string of the molecule is CC(=O)[C@@H](C)Sc1ncnc2c1c(-c1ccccc1)cn2-c1ccccc1. The minimum Gasteiger partial charge on any atom is -0.301 e. The minimum atomic E-state index is -0.160. The summed E-state index contributed by atoms with van der Waals surface area (Å²) in [6.45, 7) is 3.53. The fraction of sp³-hybridized carbons (Fsp3) is 0.136. The molecule has 0 radical (unpaired) electrons. The Bertz CT molecular complexity index is 1090. The molecule has 2 aromatic heterocycles. The highest BCUT2D eigenvalue weighted by Gasteiger charge is 2.20. The number of carbonyl (C=O) groups excluding carboxylic acids is 1. The van der Waals surface area contributed by atoms with Gasteiger partial charge in [0.15, 0.2) is 0 Å². The summed E-state index contributed by atoms with van der Waals surface area (Å²) < 4.78 is 2.09. The first kappa shape index (κ1) is 17.5. The summed E-state index contributed by atoms with van der Waals surface area (Å²) in [5.41, 5.74) is 4.05. The van der Waals surface area contributed by atoms with E-state index in [0.29, 0.717) is 0 Å². The third-order valence-corrected chi connectivity index (χ3v) is 5.75.